The van der Waals surface area contributed by atoms with Crippen molar-refractivity contribution in [2.75, 3.05) is 32.6 Å². The van der Waals surface area contributed by atoms with Crippen molar-refractivity contribution in [3.63, 3.8) is 0 Å². The van der Waals surface area contributed by atoms with E-state index in [1.807, 2.05) is 0 Å². The van der Waals surface area contributed by atoms with Crippen LogP contribution in [0.25, 0.3) is 0 Å². The van der Waals surface area contributed by atoms with Gasteiger partial charge < -0.3 is 24.6 Å². The van der Waals surface area contributed by atoms with E-state index in [9.17, 15) is 18.8 Å². The van der Waals surface area contributed by atoms with Crippen molar-refractivity contribution in [2.45, 2.75) is 25.9 Å². The van der Waals surface area contributed by atoms with Crippen molar-refractivity contribution in [1.82, 2.24) is 9.80 Å². The second kappa shape index (κ2) is 10.1. The number of hydrogen-bond donors (Lipinski definition) is 1. The van der Waals surface area contributed by atoms with Gasteiger partial charge in [0.15, 0.2) is 0 Å². The molecule has 32 heavy (non-hydrogen) atoms. The Morgan fingerprint density at radius 3 is 2.22 bits per heavy atom. The molecule has 0 aromatic heterocycles. The molecule has 1 unspecified atom stereocenters. The summed E-state index contributed by atoms with van der Waals surface area (Å²) in [7, 11) is 3.01. The Labute approximate surface area is 185 Å². The molecule has 0 spiro atoms. The number of hydrogen-bond acceptors (Lipinski definition) is 5. The van der Waals surface area contributed by atoms with Crippen molar-refractivity contribution in [3.05, 3.63) is 53.8 Å². The van der Waals surface area contributed by atoms with E-state index in [0.717, 1.165) is 5.56 Å². The summed E-state index contributed by atoms with van der Waals surface area (Å²) >= 11 is 0. The van der Waals surface area contributed by atoms with Gasteiger partial charge in [-0.25, -0.2) is 4.39 Å². The molecule has 1 aliphatic rings. The molecule has 8 nitrogen and oxygen atoms in total. The zero-order valence-electron chi connectivity index (χ0n) is 18.3. The minimum Gasteiger partial charge on any atom is -0.497 e. The third-order valence-corrected chi connectivity index (χ3v) is 5.31. The molecule has 9 heteroatoms. The van der Waals surface area contributed by atoms with Gasteiger partial charge in [-0.15, -0.1) is 0 Å². The minimum absolute atomic E-state index is 0.200. The number of carbonyl (C=O) groups excluding carboxylic acids is 3. The second-order valence-corrected chi connectivity index (χ2v) is 7.37. The van der Waals surface area contributed by atoms with Gasteiger partial charge in [0.05, 0.1) is 14.2 Å². The average molecular weight is 443 g/mol. The van der Waals surface area contributed by atoms with Gasteiger partial charge in [0.25, 0.3) is 0 Å². The van der Waals surface area contributed by atoms with Crippen LogP contribution in [0, 0.1) is 5.82 Å². The van der Waals surface area contributed by atoms with Gasteiger partial charge in [0.1, 0.15) is 23.4 Å². The highest BCUT2D eigenvalue weighted by Crippen LogP contribution is 2.26. The van der Waals surface area contributed by atoms with Crippen LogP contribution in [0.15, 0.2) is 42.5 Å². The normalized spacial score (nSPS) is 14.9. The summed E-state index contributed by atoms with van der Waals surface area (Å²) in [5, 5.41) is 2.78. The quantitative estimate of drug-likeness (QED) is 0.633. The highest BCUT2D eigenvalue weighted by Gasteiger charge is 2.38. The van der Waals surface area contributed by atoms with Crippen LogP contribution < -0.4 is 14.8 Å². The Morgan fingerprint density at radius 2 is 1.66 bits per heavy atom. The number of benzene rings is 2. The van der Waals surface area contributed by atoms with E-state index in [4.69, 9.17) is 9.47 Å². The number of halogens is 1. The van der Waals surface area contributed by atoms with E-state index in [1.54, 1.807) is 37.3 Å². The molecule has 2 aromatic carbocycles. The van der Waals surface area contributed by atoms with Crippen LogP contribution in [0.2, 0.25) is 0 Å². The fourth-order valence-electron chi connectivity index (χ4n) is 3.60. The Morgan fingerprint density at radius 1 is 1.03 bits per heavy atom. The molecule has 1 heterocycles. The fourth-order valence-corrected chi connectivity index (χ4v) is 3.60. The maximum atomic E-state index is 13.1. The summed E-state index contributed by atoms with van der Waals surface area (Å²) in [4.78, 5) is 41.1. The molecule has 1 saturated heterocycles. The monoisotopic (exact) mass is 443 g/mol. The molecule has 0 saturated carbocycles. The Hall–Kier alpha value is -3.62. The smallest absolute Gasteiger partial charge is 0.312 e. The van der Waals surface area contributed by atoms with Gasteiger partial charge in [-0.05, 0) is 24.1 Å². The van der Waals surface area contributed by atoms with Crippen molar-refractivity contribution in [3.8, 4) is 11.5 Å². The van der Waals surface area contributed by atoms with E-state index < -0.39 is 23.8 Å². The van der Waals surface area contributed by atoms with Crippen LogP contribution in [-0.2, 0) is 20.9 Å². The van der Waals surface area contributed by atoms with Gasteiger partial charge >= 0.3 is 11.8 Å². The molecule has 2 aromatic rings. The Kier molecular flexibility index (Phi) is 7.29. The Balaban J connectivity index is 1.69. The molecule has 1 aliphatic heterocycles. The van der Waals surface area contributed by atoms with Gasteiger partial charge in [-0.3, -0.25) is 14.4 Å². The predicted octanol–water partition coefficient (Wildman–Crippen LogP) is 2.43. The largest absolute Gasteiger partial charge is 0.497 e. The average Bonchev–Trinajstić information content (AvgIpc) is 2.79. The molecule has 1 N–H and O–H groups in total. The van der Waals surface area contributed by atoms with Crippen molar-refractivity contribution in [1.29, 1.82) is 0 Å². The lowest BCUT2D eigenvalue weighted by Gasteiger charge is -2.37. The summed E-state index contributed by atoms with van der Waals surface area (Å²) in [6, 6.07) is 9.91. The highest BCUT2D eigenvalue weighted by atomic mass is 19.1. The lowest BCUT2D eigenvalue weighted by atomic mass is 10.1. The SMILES string of the molecule is CCC(C(=O)Nc1cc(OC)cc(OC)c1)N1CCN(Cc2ccc(F)cc2)C(=O)C1=O. The Bertz CT molecular complexity index is 973. The van der Waals surface area contributed by atoms with Crippen LogP contribution in [0.3, 0.4) is 0 Å². The maximum absolute atomic E-state index is 13.1. The van der Waals surface area contributed by atoms with Crippen LogP contribution in [0.1, 0.15) is 18.9 Å². The lowest BCUT2D eigenvalue weighted by molar-refractivity contribution is -0.159. The number of ether oxygens (including phenoxy) is 2. The third-order valence-electron chi connectivity index (χ3n) is 5.31. The van der Waals surface area contributed by atoms with Crippen LogP contribution in [0.4, 0.5) is 10.1 Å². The van der Waals surface area contributed by atoms with Crippen molar-refractivity contribution in [2.24, 2.45) is 0 Å². The van der Waals surface area contributed by atoms with E-state index in [-0.39, 0.29) is 25.5 Å². The van der Waals surface area contributed by atoms with E-state index in [0.29, 0.717) is 23.6 Å². The van der Waals surface area contributed by atoms with Crippen molar-refractivity contribution < 1.29 is 28.2 Å². The van der Waals surface area contributed by atoms with Crippen molar-refractivity contribution >= 4 is 23.4 Å². The van der Waals surface area contributed by atoms with E-state index in [1.165, 1.54) is 36.2 Å². The molecule has 0 radical (unpaired) electrons. The summed E-state index contributed by atoms with van der Waals surface area (Å²) in [5.74, 6) is -1.18. The van der Waals surface area contributed by atoms with Gasteiger partial charge in [0.2, 0.25) is 5.91 Å². The highest BCUT2D eigenvalue weighted by molar-refractivity contribution is 6.35. The molecule has 1 atom stereocenters. The first kappa shape index (κ1) is 23.1. The zero-order chi connectivity index (χ0) is 23.3. The predicted molar refractivity (Wildman–Crippen MR) is 116 cm³/mol. The summed E-state index contributed by atoms with van der Waals surface area (Å²) in [6.07, 6.45) is 0.337. The van der Waals surface area contributed by atoms with Gasteiger partial charge in [-0.2, -0.15) is 0 Å². The van der Waals surface area contributed by atoms with E-state index >= 15 is 0 Å². The number of methoxy groups -OCH3 is 2. The number of nitrogens with zero attached hydrogens (tertiary/aromatic N) is 2. The summed E-state index contributed by atoms with van der Waals surface area (Å²) in [6.45, 7) is 2.47. The van der Waals surface area contributed by atoms with Crippen LogP contribution >= 0.6 is 0 Å². The summed E-state index contributed by atoms with van der Waals surface area (Å²) in [5.41, 5.74) is 1.18. The maximum Gasteiger partial charge on any atom is 0.312 e. The minimum atomic E-state index is -0.809. The first-order valence-corrected chi connectivity index (χ1v) is 10.2. The zero-order valence-corrected chi connectivity index (χ0v) is 18.3. The first-order valence-electron chi connectivity index (χ1n) is 10.2. The lowest BCUT2D eigenvalue weighted by Crippen LogP contribution is -2.59. The standard InChI is InChI=1S/C23H26FN3O5/c1-4-20(21(28)25-17-11-18(31-2)13-19(12-17)32-3)27-10-9-26(22(29)23(27)30)14-15-5-7-16(24)8-6-15/h5-8,11-13,20H,4,9-10,14H2,1-3H3,(H,25,28). The molecule has 0 bridgehead atoms. The second-order valence-electron chi connectivity index (χ2n) is 7.37. The van der Waals surface area contributed by atoms with Gasteiger partial charge in [-0.1, -0.05) is 19.1 Å². The molecule has 3 amide bonds. The molecular weight excluding hydrogens is 417 g/mol. The number of carbonyl (C=O) groups is 3. The number of amides is 3. The number of anilines is 1. The molecule has 0 aliphatic carbocycles. The molecular formula is C23H26FN3O5. The fraction of sp³-hybridized carbons (Fsp3) is 0.348. The third kappa shape index (κ3) is 5.16. The number of piperazine rings is 1. The van der Waals surface area contributed by atoms with E-state index in [2.05, 4.69) is 5.32 Å². The molecule has 170 valence electrons. The molecule has 3 rings (SSSR count). The van der Waals surface area contributed by atoms with Gasteiger partial charge in [0, 0.05) is 43.5 Å². The number of nitrogens with one attached hydrogen (secondary N) is 1. The molecule has 1 fully saturated rings. The topological polar surface area (TPSA) is 88.2 Å². The number of rotatable bonds is 8. The summed E-state index contributed by atoms with van der Waals surface area (Å²) < 4.78 is 23.5. The van der Waals surface area contributed by atoms with Crippen LogP contribution in [0.5, 0.6) is 11.5 Å². The van der Waals surface area contributed by atoms with Crippen LogP contribution in [-0.4, -0.2) is 60.9 Å². The first-order chi connectivity index (χ1) is 15.4.